The highest BCUT2D eigenvalue weighted by atomic mass is 15.2. The summed E-state index contributed by atoms with van der Waals surface area (Å²) < 4.78 is 14.6. The highest BCUT2D eigenvalue weighted by molar-refractivity contribution is 6.19. The van der Waals surface area contributed by atoms with Crippen LogP contribution in [0, 0.1) is 0 Å². The first-order valence-corrected chi connectivity index (χ1v) is 29.5. The number of fused-ring (bicyclic) bond motifs is 18. The van der Waals surface area contributed by atoms with Gasteiger partial charge in [-0.3, -0.25) is 8.97 Å². The van der Waals surface area contributed by atoms with Crippen molar-refractivity contribution in [2.75, 3.05) is 0 Å². The minimum atomic E-state index is 0.882. The molecule has 7 nitrogen and oxygen atoms in total. The molecule has 13 aromatic carbocycles. The van der Waals surface area contributed by atoms with E-state index in [0.717, 1.165) is 112 Å². The molecule has 19 rings (SSSR count). The van der Waals surface area contributed by atoms with Crippen molar-refractivity contribution in [3.05, 3.63) is 297 Å². The Bertz CT molecular complexity index is 5930. The minimum absolute atomic E-state index is 0.882. The maximum atomic E-state index is 5.66. The second kappa shape index (κ2) is 17.9. The van der Waals surface area contributed by atoms with E-state index in [0.29, 0.717) is 0 Å². The molecular weight excluding hydrogens is 1050 g/mol. The van der Waals surface area contributed by atoms with Gasteiger partial charge in [-0.25, -0.2) is 4.98 Å². The van der Waals surface area contributed by atoms with Crippen molar-refractivity contribution in [2.24, 2.45) is 0 Å². The van der Waals surface area contributed by atoms with Gasteiger partial charge in [0.1, 0.15) is 5.52 Å². The van der Waals surface area contributed by atoms with Gasteiger partial charge in [-0.05, 0) is 103 Å². The van der Waals surface area contributed by atoms with Gasteiger partial charge in [-0.15, -0.1) is 0 Å². The summed E-state index contributed by atoms with van der Waals surface area (Å²) in [6.07, 6.45) is 0. The molecule has 86 heavy (non-hydrogen) atoms. The summed E-state index contributed by atoms with van der Waals surface area (Å²) in [5.74, 6) is 0.882. The second-order valence-corrected chi connectivity index (χ2v) is 22.6. The zero-order chi connectivity index (χ0) is 56.1. The van der Waals surface area contributed by atoms with E-state index in [4.69, 9.17) is 4.98 Å². The van der Waals surface area contributed by atoms with E-state index in [1.54, 1.807) is 0 Å². The minimum Gasteiger partial charge on any atom is -0.309 e. The first kappa shape index (κ1) is 46.9. The van der Waals surface area contributed by atoms with Gasteiger partial charge < -0.3 is 18.3 Å². The van der Waals surface area contributed by atoms with Crippen molar-refractivity contribution in [1.82, 2.24) is 32.2 Å². The van der Waals surface area contributed by atoms with Crippen LogP contribution in [-0.4, -0.2) is 32.2 Å². The van der Waals surface area contributed by atoms with Gasteiger partial charge in [-0.1, -0.05) is 194 Å². The lowest BCUT2D eigenvalue weighted by Gasteiger charge is -2.23. The van der Waals surface area contributed by atoms with Crippen LogP contribution in [0.1, 0.15) is 0 Å². The summed E-state index contributed by atoms with van der Waals surface area (Å²) >= 11 is 0. The molecule has 0 fully saturated rings. The van der Waals surface area contributed by atoms with E-state index >= 15 is 0 Å². The molecule has 0 aliphatic rings. The Balaban J connectivity index is 0.862. The average Bonchev–Trinajstić information content (AvgIpc) is 1.91. The zero-order valence-electron chi connectivity index (χ0n) is 46.4. The topological polar surface area (TPSA) is 42.0 Å². The van der Waals surface area contributed by atoms with Crippen LogP contribution in [0.15, 0.2) is 297 Å². The molecule has 0 unspecified atom stereocenters. The van der Waals surface area contributed by atoms with Crippen LogP contribution >= 0.6 is 0 Å². The summed E-state index contributed by atoms with van der Waals surface area (Å²) in [4.78, 5) is 5.66. The molecule has 0 N–H and O–H groups in total. The van der Waals surface area contributed by atoms with Crippen LogP contribution in [0.3, 0.4) is 0 Å². The van der Waals surface area contributed by atoms with Crippen LogP contribution in [0.5, 0.6) is 0 Å². The number of hydrogen-bond donors (Lipinski definition) is 0. The van der Waals surface area contributed by atoms with Crippen LogP contribution in [0.2, 0.25) is 0 Å². The van der Waals surface area contributed by atoms with Gasteiger partial charge in [0.25, 0.3) is 0 Å². The third-order valence-corrected chi connectivity index (χ3v) is 18.2. The number of rotatable bonds is 7. The summed E-state index contributed by atoms with van der Waals surface area (Å²) in [6, 6.07) is 109. The predicted octanol–water partition coefficient (Wildman–Crippen LogP) is 20.2. The number of imidazole rings is 2. The fraction of sp³-hybridized carbons (Fsp3) is 0. The van der Waals surface area contributed by atoms with E-state index in [-0.39, 0.29) is 0 Å². The molecule has 400 valence electrons. The van der Waals surface area contributed by atoms with Crippen molar-refractivity contribution < 1.29 is 0 Å². The number of para-hydroxylation sites is 12. The second-order valence-electron chi connectivity index (χ2n) is 22.6. The maximum Gasteiger partial charge on any atom is 0.220 e. The molecule has 19 aromatic rings. The molecule has 0 aliphatic heterocycles. The van der Waals surface area contributed by atoms with Gasteiger partial charge >= 0.3 is 0 Å². The van der Waals surface area contributed by atoms with Gasteiger partial charge in [-0.2, -0.15) is 0 Å². The molecule has 0 spiro atoms. The number of benzene rings is 13. The average molecular weight is 1100 g/mol. The van der Waals surface area contributed by atoms with Crippen LogP contribution in [-0.2, 0) is 0 Å². The monoisotopic (exact) mass is 1100 g/mol. The third kappa shape index (κ3) is 6.42. The van der Waals surface area contributed by atoms with Gasteiger partial charge in [0.15, 0.2) is 0 Å². The first-order chi connectivity index (χ1) is 42.7. The highest BCUT2D eigenvalue weighted by Crippen LogP contribution is 2.47. The lowest BCUT2D eigenvalue weighted by Crippen LogP contribution is -2.05. The molecule has 0 saturated carbocycles. The van der Waals surface area contributed by atoms with Crippen LogP contribution < -0.4 is 0 Å². The smallest absolute Gasteiger partial charge is 0.220 e. The molecule has 0 atom stereocenters. The highest BCUT2D eigenvalue weighted by Gasteiger charge is 2.27. The summed E-state index contributed by atoms with van der Waals surface area (Å²) in [5.41, 5.74) is 23.4. The fourth-order valence-electron chi connectivity index (χ4n) is 14.7. The van der Waals surface area contributed by atoms with E-state index in [2.05, 4.69) is 324 Å². The zero-order valence-corrected chi connectivity index (χ0v) is 46.4. The third-order valence-electron chi connectivity index (χ3n) is 18.2. The Kier molecular flexibility index (Phi) is 9.77. The molecule has 6 aromatic heterocycles. The largest absolute Gasteiger partial charge is 0.309 e. The Morgan fingerprint density at radius 1 is 0.221 bits per heavy atom. The van der Waals surface area contributed by atoms with Crippen molar-refractivity contribution in [3.8, 4) is 50.7 Å². The normalized spacial score (nSPS) is 12.2. The maximum absolute atomic E-state index is 5.66. The lowest BCUT2D eigenvalue weighted by atomic mass is 9.93. The van der Waals surface area contributed by atoms with Crippen molar-refractivity contribution in [2.45, 2.75) is 0 Å². The molecular formula is C79H49N7. The predicted molar refractivity (Wildman–Crippen MR) is 358 cm³/mol. The molecule has 0 aliphatic carbocycles. The van der Waals surface area contributed by atoms with E-state index in [9.17, 15) is 0 Å². The molecule has 7 heteroatoms. The standard InChI is InChI=1S/C79H49N7/c1-2-23-50(24-3-1)82-73-43-20-21-44-74(73)86-75-48-46-62-58-31-8-12-35-64(58)81(78(62)76(75)80-79(82)86)51-45-47-72-63(49-51)59-32-11-17-40-69(59)84(72)68-39-16-10-30-57(68)61-34-22-33-60(77(61)85-70-41-18-6-27-54(70)55-28-7-19-42-71(55)85)56-29-9-15-38-67(56)83-65-36-13-4-25-52(65)53-26-5-14-37-66(53)83/h1-49H. The van der Waals surface area contributed by atoms with Crippen molar-refractivity contribution in [3.63, 3.8) is 0 Å². The molecule has 0 saturated heterocycles. The Morgan fingerprint density at radius 2 is 0.616 bits per heavy atom. The summed E-state index contributed by atoms with van der Waals surface area (Å²) in [6.45, 7) is 0. The lowest BCUT2D eigenvalue weighted by molar-refractivity contribution is 1.11. The summed E-state index contributed by atoms with van der Waals surface area (Å²) in [7, 11) is 0. The van der Waals surface area contributed by atoms with Crippen molar-refractivity contribution in [1.29, 1.82) is 0 Å². The molecule has 0 amide bonds. The fourth-order valence-corrected chi connectivity index (χ4v) is 14.7. The molecule has 6 heterocycles. The van der Waals surface area contributed by atoms with E-state index in [1.807, 2.05) is 0 Å². The SMILES string of the molecule is c1ccc(-n2c3ccccc3n3c4ccc5c6ccccc6n(-c6ccc7c(c6)c6ccccc6n7-c6ccccc6-c6cccc(-c7ccccc7-n7c8ccccc8c8ccccc87)c6-n6c7ccccc7c7ccccc76)c5c4nc23)cc1. The molecule has 0 bridgehead atoms. The van der Waals surface area contributed by atoms with Crippen LogP contribution in [0.25, 0.3) is 166 Å². The van der Waals surface area contributed by atoms with Gasteiger partial charge in [0.2, 0.25) is 5.78 Å². The van der Waals surface area contributed by atoms with E-state index in [1.165, 1.54) is 54.1 Å². The molecule has 0 radical (unpaired) electrons. The van der Waals surface area contributed by atoms with Crippen molar-refractivity contribution >= 4 is 115 Å². The summed E-state index contributed by atoms with van der Waals surface area (Å²) in [5, 5.41) is 9.59. The van der Waals surface area contributed by atoms with E-state index < -0.39 is 0 Å². The number of hydrogen-bond acceptors (Lipinski definition) is 1. The Labute approximate surface area is 492 Å². The van der Waals surface area contributed by atoms with Crippen LogP contribution in [0.4, 0.5) is 0 Å². The van der Waals surface area contributed by atoms with Gasteiger partial charge in [0.05, 0.1) is 77.7 Å². The quantitative estimate of drug-likeness (QED) is 0.157. The van der Waals surface area contributed by atoms with Gasteiger partial charge in [0, 0.05) is 76.7 Å². The first-order valence-electron chi connectivity index (χ1n) is 29.5. The Hall–Kier alpha value is -11.7. The number of nitrogens with zero attached hydrogens (tertiary/aromatic N) is 7. The Morgan fingerprint density at radius 3 is 1.16 bits per heavy atom. The number of aromatic nitrogens is 7.